The lowest BCUT2D eigenvalue weighted by molar-refractivity contribution is 0.0953. The molecule has 0 spiro atoms. The van der Waals surface area contributed by atoms with Crippen molar-refractivity contribution in [3.63, 3.8) is 0 Å². The largest absolute Gasteiger partial charge is 0.351 e. The van der Waals surface area contributed by atoms with E-state index in [0.717, 1.165) is 22.5 Å². The van der Waals surface area contributed by atoms with Crippen LogP contribution in [0.4, 0.5) is 5.69 Å². The van der Waals surface area contributed by atoms with Crippen molar-refractivity contribution >= 4 is 33.0 Å². The number of rotatable bonds is 8. The molecule has 7 nitrogen and oxygen atoms in total. The van der Waals surface area contributed by atoms with Gasteiger partial charge in [0.2, 0.25) is 0 Å². The lowest BCUT2D eigenvalue weighted by Crippen LogP contribution is -2.26. The number of carbonyl (C=O) groups excluding carboxylic acids is 1. The Kier molecular flexibility index (Phi) is 6.15. The molecule has 1 amide bonds. The van der Waals surface area contributed by atoms with Crippen LogP contribution in [0, 0.1) is 13.8 Å². The van der Waals surface area contributed by atoms with Gasteiger partial charge in [-0.2, -0.15) is 5.10 Å². The van der Waals surface area contributed by atoms with E-state index in [9.17, 15) is 13.2 Å². The van der Waals surface area contributed by atoms with Crippen molar-refractivity contribution in [2.75, 3.05) is 11.3 Å². The summed E-state index contributed by atoms with van der Waals surface area (Å²) in [6, 6.07) is 8.47. The van der Waals surface area contributed by atoms with E-state index in [1.165, 1.54) is 6.07 Å². The molecule has 0 aliphatic carbocycles. The predicted octanol–water partition coefficient (Wildman–Crippen LogP) is 3.18. The molecule has 0 radical (unpaired) electrons. The SMILES string of the molecule is Cc1ccc(NS(=O)(=O)c2ccsc2C(=O)NCCCn2cc(C)cn2)cc1. The van der Waals surface area contributed by atoms with Crippen LogP contribution in [0.1, 0.15) is 27.2 Å². The second-order valence-corrected chi connectivity index (χ2v) is 9.04. The average Bonchev–Trinajstić information content (AvgIpc) is 3.30. The first kappa shape index (κ1) is 20.1. The molecule has 3 aromatic rings. The van der Waals surface area contributed by atoms with Gasteiger partial charge in [0.1, 0.15) is 9.77 Å². The minimum absolute atomic E-state index is 0.0155. The molecule has 0 atom stereocenters. The van der Waals surface area contributed by atoms with Crippen LogP contribution in [0.5, 0.6) is 0 Å². The van der Waals surface area contributed by atoms with Crippen molar-refractivity contribution in [3.05, 3.63) is 64.1 Å². The first-order chi connectivity index (χ1) is 13.3. The van der Waals surface area contributed by atoms with Crippen molar-refractivity contribution in [1.82, 2.24) is 15.1 Å². The lowest BCUT2D eigenvalue weighted by atomic mass is 10.2. The molecule has 0 saturated heterocycles. The zero-order valence-electron chi connectivity index (χ0n) is 15.7. The van der Waals surface area contributed by atoms with Crippen LogP contribution in [0.25, 0.3) is 0 Å². The molecule has 9 heteroatoms. The Hall–Kier alpha value is -2.65. The summed E-state index contributed by atoms with van der Waals surface area (Å²) in [5, 5.41) is 8.58. The Morgan fingerprint density at radius 2 is 1.89 bits per heavy atom. The molecule has 0 unspecified atom stereocenters. The molecule has 0 aliphatic rings. The zero-order valence-corrected chi connectivity index (χ0v) is 17.3. The molecule has 0 saturated carbocycles. The van der Waals surface area contributed by atoms with Crippen LogP contribution in [0.2, 0.25) is 0 Å². The number of thiophene rings is 1. The number of sulfonamides is 1. The van der Waals surface area contributed by atoms with Crippen molar-refractivity contribution in [1.29, 1.82) is 0 Å². The van der Waals surface area contributed by atoms with Crippen LogP contribution in [-0.4, -0.2) is 30.7 Å². The maximum Gasteiger partial charge on any atom is 0.263 e. The Morgan fingerprint density at radius 1 is 1.14 bits per heavy atom. The Balaban J connectivity index is 1.61. The minimum Gasteiger partial charge on any atom is -0.351 e. The summed E-state index contributed by atoms with van der Waals surface area (Å²) >= 11 is 1.11. The van der Waals surface area contributed by atoms with E-state index in [0.29, 0.717) is 25.2 Å². The van der Waals surface area contributed by atoms with Gasteiger partial charge in [0.25, 0.3) is 15.9 Å². The van der Waals surface area contributed by atoms with Crippen molar-refractivity contribution < 1.29 is 13.2 Å². The molecule has 0 aliphatic heterocycles. The molecule has 28 heavy (non-hydrogen) atoms. The quantitative estimate of drug-likeness (QED) is 0.550. The molecular weight excluding hydrogens is 396 g/mol. The van der Waals surface area contributed by atoms with E-state index in [1.807, 2.05) is 36.9 Å². The third kappa shape index (κ3) is 4.99. The van der Waals surface area contributed by atoms with E-state index in [-0.39, 0.29) is 9.77 Å². The van der Waals surface area contributed by atoms with E-state index in [4.69, 9.17) is 0 Å². The van der Waals surface area contributed by atoms with E-state index in [2.05, 4.69) is 15.1 Å². The molecular formula is C19H22N4O3S2. The lowest BCUT2D eigenvalue weighted by Gasteiger charge is -2.10. The predicted molar refractivity (Wildman–Crippen MR) is 110 cm³/mol. The van der Waals surface area contributed by atoms with Gasteiger partial charge in [0, 0.05) is 25.0 Å². The fourth-order valence-electron chi connectivity index (χ4n) is 2.62. The number of nitrogens with zero attached hydrogens (tertiary/aromatic N) is 2. The fourth-order valence-corrected chi connectivity index (χ4v) is 5.02. The fraction of sp³-hybridized carbons (Fsp3) is 0.263. The highest BCUT2D eigenvalue weighted by Crippen LogP contribution is 2.24. The molecule has 0 bridgehead atoms. The van der Waals surface area contributed by atoms with Gasteiger partial charge in [0.15, 0.2) is 0 Å². The normalized spacial score (nSPS) is 11.4. The molecule has 2 heterocycles. The highest BCUT2D eigenvalue weighted by atomic mass is 32.2. The monoisotopic (exact) mass is 418 g/mol. The number of carbonyl (C=O) groups is 1. The smallest absolute Gasteiger partial charge is 0.263 e. The Morgan fingerprint density at radius 3 is 2.57 bits per heavy atom. The van der Waals surface area contributed by atoms with Crippen LogP contribution in [-0.2, 0) is 16.6 Å². The summed E-state index contributed by atoms with van der Waals surface area (Å²) in [5.41, 5.74) is 2.57. The van der Waals surface area contributed by atoms with Gasteiger partial charge >= 0.3 is 0 Å². The first-order valence-electron chi connectivity index (χ1n) is 8.79. The molecule has 3 rings (SSSR count). The maximum absolute atomic E-state index is 12.7. The Labute approximate surface area is 168 Å². The summed E-state index contributed by atoms with van der Waals surface area (Å²) in [5.74, 6) is -0.393. The number of aromatic nitrogens is 2. The average molecular weight is 419 g/mol. The number of hydrogen-bond donors (Lipinski definition) is 2. The number of amides is 1. The number of hydrogen-bond acceptors (Lipinski definition) is 5. The van der Waals surface area contributed by atoms with Gasteiger partial charge in [-0.25, -0.2) is 8.42 Å². The van der Waals surface area contributed by atoms with Crippen LogP contribution in [0.3, 0.4) is 0 Å². The number of benzene rings is 1. The van der Waals surface area contributed by atoms with Gasteiger partial charge < -0.3 is 5.32 Å². The number of anilines is 1. The summed E-state index contributed by atoms with van der Waals surface area (Å²) in [6.07, 6.45) is 4.41. The summed E-state index contributed by atoms with van der Waals surface area (Å²) in [6.45, 7) is 5.00. The van der Waals surface area contributed by atoms with Crippen molar-refractivity contribution in [2.45, 2.75) is 31.7 Å². The molecule has 0 fully saturated rings. The van der Waals surface area contributed by atoms with Crippen molar-refractivity contribution in [3.8, 4) is 0 Å². The molecule has 1 aromatic carbocycles. The second kappa shape index (κ2) is 8.57. The third-order valence-electron chi connectivity index (χ3n) is 4.04. The van der Waals surface area contributed by atoms with Crippen LogP contribution in [0.15, 0.2) is 53.0 Å². The molecule has 148 valence electrons. The van der Waals surface area contributed by atoms with Crippen molar-refractivity contribution in [2.24, 2.45) is 0 Å². The van der Waals surface area contributed by atoms with Crippen LogP contribution >= 0.6 is 11.3 Å². The number of nitrogens with one attached hydrogen (secondary N) is 2. The zero-order chi connectivity index (χ0) is 20.1. The molecule has 2 N–H and O–H groups in total. The van der Waals surface area contributed by atoms with E-state index in [1.54, 1.807) is 23.7 Å². The number of aryl methyl sites for hydroxylation is 3. The Bertz CT molecular complexity index is 1050. The first-order valence-corrected chi connectivity index (χ1v) is 11.2. The summed E-state index contributed by atoms with van der Waals surface area (Å²) in [4.78, 5) is 12.6. The standard InChI is InChI=1S/C19H22N4O3S2/c1-14-4-6-16(7-5-14)22-28(25,26)17-8-11-27-18(17)19(24)20-9-3-10-23-13-15(2)12-21-23/h4-8,11-13,22H,3,9-10H2,1-2H3,(H,20,24). The second-order valence-electron chi connectivity index (χ2n) is 6.48. The maximum atomic E-state index is 12.7. The highest BCUT2D eigenvalue weighted by Gasteiger charge is 2.24. The van der Waals surface area contributed by atoms with Gasteiger partial charge in [-0.3, -0.25) is 14.2 Å². The van der Waals surface area contributed by atoms with Gasteiger partial charge in [-0.05, 0) is 49.4 Å². The topological polar surface area (TPSA) is 93.1 Å². The van der Waals surface area contributed by atoms with E-state index < -0.39 is 15.9 Å². The van der Waals surface area contributed by atoms with Crippen LogP contribution < -0.4 is 10.0 Å². The van der Waals surface area contributed by atoms with Gasteiger partial charge in [0.05, 0.1) is 6.20 Å². The minimum atomic E-state index is -3.84. The summed E-state index contributed by atoms with van der Waals surface area (Å²) < 4.78 is 29.7. The highest BCUT2D eigenvalue weighted by molar-refractivity contribution is 7.93. The molecule has 2 aromatic heterocycles. The van der Waals surface area contributed by atoms with E-state index >= 15 is 0 Å². The third-order valence-corrected chi connectivity index (χ3v) is 6.51. The summed E-state index contributed by atoms with van der Waals surface area (Å²) in [7, 11) is -3.84. The van der Waals surface area contributed by atoms with Gasteiger partial charge in [-0.15, -0.1) is 11.3 Å². The van der Waals surface area contributed by atoms with Gasteiger partial charge in [-0.1, -0.05) is 17.7 Å².